The molecule has 0 aliphatic carbocycles. The molecule has 5 nitrogen and oxygen atoms in total. The SMILES string of the molecule is O=C(c1cc(-c2cccc3ccccc23)n[nH]1)N1CCN(c2cccc(Cl)c2)CC1. The smallest absolute Gasteiger partial charge is 0.272 e. The topological polar surface area (TPSA) is 52.2 Å². The van der Waals surface area contributed by atoms with Crippen molar-refractivity contribution in [1.82, 2.24) is 15.1 Å². The molecule has 0 saturated carbocycles. The van der Waals surface area contributed by atoms with E-state index >= 15 is 0 Å². The van der Waals surface area contributed by atoms with Gasteiger partial charge in [0.05, 0.1) is 5.69 Å². The normalized spacial score (nSPS) is 14.3. The first kappa shape index (κ1) is 18.7. The number of aromatic nitrogens is 2. The second-order valence-corrected chi connectivity index (χ2v) is 7.89. The number of H-pyrrole nitrogens is 1. The zero-order valence-electron chi connectivity index (χ0n) is 16.4. The number of hydrogen-bond acceptors (Lipinski definition) is 3. The molecule has 2 heterocycles. The molecule has 0 bridgehead atoms. The molecule has 1 N–H and O–H groups in total. The van der Waals surface area contributed by atoms with Gasteiger partial charge in [-0.2, -0.15) is 5.10 Å². The Morgan fingerprint density at radius 2 is 1.67 bits per heavy atom. The number of fused-ring (bicyclic) bond motifs is 1. The van der Waals surface area contributed by atoms with Crippen LogP contribution in [0.25, 0.3) is 22.0 Å². The van der Waals surface area contributed by atoms with Crippen LogP contribution in [0.15, 0.2) is 72.8 Å². The van der Waals surface area contributed by atoms with Gasteiger partial charge in [0, 0.05) is 42.5 Å². The van der Waals surface area contributed by atoms with E-state index in [9.17, 15) is 4.79 Å². The van der Waals surface area contributed by atoms with E-state index in [0.29, 0.717) is 18.8 Å². The molecule has 1 aliphatic heterocycles. The Morgan fingerprint density at radius 1 is 0.900 bits per heavy atom. The van der Waals surface area contributed by atoms with Crippen molar-refractivity contribution in [2.24, 2.45) is 0 Å². The Kier molecular flexibility index (Phi) is 4.89. The second-order valence-electron chi connectivity index (χ2n) is 7.45. The first-order valence-electron chi connectivity index (χ1n) is 10.0. The minimum absolute atomic E-state index is 0.0141. The van der Waals surface area contributed by atoms with Crippen molar-refractivity contribution < 1.29 is 4.79 Å². The van der Waals surface area contributed by atoms with Gasteiger partial charge in [-0.1, -0.05) is 60.1 Å². The van der Waals surface area contributed by atoms with Gasteiger partial charge < -0.3 is 9.80 Å². The average molecular weight is 417 g/mol. The molecule has 0 spiro atoms. The number of benzene rings is 3. The summed E-state index contributed by atoms with van der Waals surface area (Å²) in [5, 5.41) is 10.4. The summed E-state index contributed by atoms with van der Waals surface area (Å²) in [4.78, 5) is 17.2. The average Bonchev–Trinajstić information content (AvgIpc) is 3.28. The molecular formula is C24H21ClN4O. The van der Waals surface area contributed by atoms with Crippen LogP contribution in [0.1, 0.15) is 10.5 Å². The second kappa shape index (κ2) is 7.84. The molecule has 0 unspecified atom stereocenters. The fraction of sp³-hybridized carbons (Fsp3) is 0.167. The predicted octanol–water partition coefficient (Wildman–Crippen LogP) is 4.85. The Bertz CT molecular complexity index is 1210. The number of piperazine rings is 1. The van der Waals surface area contributed by atoms with Crippen LogP contribution in [0.2, 0.25) is 5.02 Å². The number of amides is 1. The molecule has 1 amide bonds. The predicted molar refractivity (Wildman–Crippen MR) is 121 cm³/mol. The molecule has 30 heavy (non-hydrogen) atoms. The number of rotatable bonds is 3. The van der Waals surface area contributed by atoms with Gasteiger partial charge in [0.1, 0.15) is 5.69 Å². The van der Waals surface area contributed by atoms with Crippen molar-refractivity contribution in [2.45, 2.75) is 0 Å². The highest BCUT2D eigenvalue weighted by Crippen LogP contribution is 2.28. The lowest BCUT2D eigenvalue weighted by Gasteiger charge is -2.36. The molecule has 4 aromatic rings. The van der Waals surface area contributed by atoms with Crippen LogP contribution in [-0.2, 0) is 0 Å². The largest absolute Gasteiger partial charge is 0.368 e. The number of hydrogen-bond donors (Lipinski definition) is 1. The number of halogens is 1. The Morgan fingerprint density at radius 3 is 2.50 bits per heavy atom. The summed E-state index contributed by atoms with van der Waals surface area (Å²) in [5.74, 6) is -0.0141. The van der Waals surface area contributed by atoms with Gasteiger partial charge >= 0.3 is 0 Å². The number of nitrogens with one attached hydrogen (secondary N) is 1. The van der Waals surface area contributed by atoms with Crippen molar-refractivity contribution in [3.05, 3.63) is 83.5 Å². The summed E-state index contributed by atoms with van der Waals surface area (Å²) >= 11 is 6.11. The molecule has 0 atom stereocenters. The maximum Gasteiger partial charge on any atom is 0.272 e. The summed E-state index contributed by atoms with van der Waals surface area (Å²) < 4.78 is 0. The Balaban J connectivity index is 1.32. The highest BCUT2D eigenvalue weighted by Gasteiger charge is 2.24. The first-order chi connectivity index (χ1) is 14.7. The summed E-state index contributed by atoms with van der Waals surface area (Å²) in [6.45, 7) is 2.87. The molecule has 0 radical (unpaired) electrons. The van der Waals surface area contributed by atoms with E-state index in [0.717, 1.165) is 45.8 Å². The Labute approximate surface area is 179 Å². The van der Waals surface area contributed by atoms with Crippen LogP contribution >= 0.6 is 11.6 Å². The molecule has 3 aromatic carbocycles. The number of anilines is 1. The fourth-order valence-corrected chi connectivity index (χ4v) is 4.21. The maximum atomic E-state index is 13.0. The first-order valence-corrected chi connectivity index (χ1v) is 10.4. The minimum Gasteiger partial charge on any atom is -0.368 e. The molecule has 1 fully saturated rings. The van der Waals surface area contributed by atoms with Crippen molar-refractivity contribution in [3.63, 3.8) is 0 Å². The van der Waals surface area contributed by atoms with Gasteiger partial charge in [0.15, 0.2) is 0 Å². The molecule has 150 valence electrons. The van der Waals surface area contributed by atoms with Crippen molar-refractivity contribution in [1.29, 1.82) is 0 Å². The third-order valence-corrected chi connectivity index (χ3v) is 5.85. The number of carbonyl (C=O) groups is 1. The lowest BCUT2D eigenvalue weighted by molar-refractivity contribution is 0.0741. The molecule has 1 aliphatic rings. The minimum atomic E-state index is -0.0141. The Hall–Kier alpha value is -3.31. The summed E-state index contributed by atoms with van der Waals surface area (Å²) in [7, 11) is 0. The maximum absolute atomic E-state index is 13.0. The standard InChI is InChI=1S/C24H21ClN4O/c25-18-7-4-8-19(15-18)28-11-13-29(14-12-28)24(30)23-16-22(26-27-23)21-10-3-6-17-5-1-2-9-20(17)21/h1-10,15-16H,11-14H2,(H,26,27). The van der Waals surface area contributed by atoms with Gasteiger partial charge in [-0.25, -0.2) is 0 Å². The summed E-state index contributed by atoms with van der Waals surface area (Å²) in [5.41, 5.74) is 3.42. The van der Waals surface area contributed by atoms with Gasteiger partial charge in [0.2, 0.25) is 0 Å². The van der Waals surface area contributed by atoms with Crippen molar-refractivity contribution >= 4 is 34.0 Å². The van der Waals surface area contributed by atoms with Gasteiger partial charge in [-0.05, 0) is 35.0 Å². The van der Waals surface area contributed by atoms with Crippen LogP contribution < -0.4 is 4.90 Å². The highest BCUT2D eigenvalue weighted by atomic mass is 35.5. The van der Waals surface area contributed by atoms with Crippen LogP contribution in [-0.4, -0.2) is 47.2 Å². The zero-order chi connectivity index (χ0) is 20.5. The van der Waals surface area contributed by atoms with Crippen LogP contribution in [0.5, 0.6) is 0 Å². The van der Waals surface area contributed by atoms with E-state index in [-0.39, 0.29) is 5.91 Å². The van der Waals surface area contributed by atoms with Gasteiger partial charge in [0.25, 0.3) is 5.91 Å². The van der Waals surface area contributed by atoms with E-state index in [4.69, 9.17) is 11.6 Å². The molecule has 6 heteroatoms. The monoisotopic (exact) mass is 416 g/mol. The van der Waals surface area contributed by atoms with E-state index in [1.54, 1.807) is 0 Å². The lowest BCUT2D eigenvalue weighted by atomic mass is 10.0. The van der Waals surface area contributed by atoms with E-state index in [2.05, 4.69) is 39.4 Å². The summed E-state index contributed by atoms with van der Waals surface area (Å²) in [6, 6.07) is 24.0. The van der Waals surface area contributed by atoms with Crippen molar-refractivity contribution in [3.8, 4) is 11.3 Å². The van der Waals surface area contributed by atoms with Crippen LogP contribution in [0.4, 0.5) is 5.69 Å². The lowest BCUT2D eigenvalue weighted by Crippen LogP contribution is -2.48. The van der Waals surface area contributed by atoms with Gasteiger partial charge in [-0.15, -0.1) is 0 Å². The third-order valence-electron chi connectivity index (χ3n) is 5.61. The molecule has 1 aromatic heterocycles. The van der Waals surface area contributed by atoms with Gasteiger partial charge in [-0.3, -0.25) is 9.89 Å². The van der Waals surface area contributed by atoms with Crippen LogP contribution in [0.3, 0.4) is 0 Å². The quantitative estimate of drug-likeness (QED) is 0.519. The van der Waals surface area contributed by atoms with E-state index < -0.39 is 0 Å². The number of carbonyl (C=O) groups excluding carboxylic acids is 1. The van der Waals surface area contributed by atoms with E-state index in [1.807, 2.05) is 53.4 Å². The molecule has 5 rings (SSSR count). The fourth-order valence-electron chi connectivity index (χ4n) is 4.03. The van der Waals surface area contributed by atoms with Crippen LogP contribution in [0, 0.1) is 0 Å². The van der Waals surface area contributed by atoms with Crippen molar-refractivity contribution in [2.75, 3.05) is 31.1 Å². The molecular weight excluding hydrogens is 396 g/mol. The number of nitrogens with zero attached hydrogens (tertiary/aromatic N) is 3. The molecule has 1 saturated heterocycles. The number of aromatic amines is 1. The summed E-state index contributed by atoms with van der Waals surface area (Å²) in [6.07, 6.45) is 0. The third kappa shape index (κ3) is 3.53. The highest BCUT2D eigenvalue weighted by molar-refractivity contribution is 6.30. The van der Waals surface area contributed by atoms with E-state index in [1.165, 1.54) is 0 Å². The zero-order valence-corrected chi connectivity index (χ0v) is 17.1.